The summed E-state index contributed by atoms with van der Waals surface area (Å²) in [5.74, 6) is -1.84. The van der Waals surface area contributed by atoms with Crippen LogP contribution in [-0.4, -0.2) is 47.9 Å². The summed E-state index contributed by atoms with van der Waals surface area (Å²) in [6, 6.07) is 0. The van der Waals surface area contributed by atoms with Gasteiger partial charge in [0.1, 0.15) is 0 Å². The SMILES string of the molecule is CC(C(=O)O)C1CN(C(=O)OCC(F)(F)F)C1. The third-order valence-corrected chi connectivity index (χ3v) is 2.62. The summed E-state index contributed by atoms with van der Waals surface area (Å²) in [5, 5.41) is 8.67. The molecule has 17 heavy (non-hydrogen) atoms. The maximum atomic E-state index is 11.7. The molecule has 1 atom stereocenters. The van der Waals surface area contributed by atoms with E-state index in [2.05, 4.69) is 4.74 Å². The number of aliphatic carboxylic acids is 1. The van der Waals surface area contributed by atoms with Crippen molar-refractivity contribution >= 4 is 12.1 Å². The zero-order valence-electron chi connectivity index (χ0n) is 9.03. The first-order valence-corrected chi connectivity index (χ1v) is 4.92. The molecule has 1 fully saturated rings. The van der Waals surface area contributed by atoms with Gasteiger partial charge >= 0.3 is 18.2 Å². The molecule has 0 radical (unpaired) electrons. The average Bonchev–Trinajstić information content (AvgIpc) is 2.10. The van der Waals surface area contributed by atoms with E-state index in [-0.39, 0.29) is 19.0 Å². The molecule has 1 amide bonds. The Morgan fingerprint density at radius 2 is 2.00 bits per heavy atom. The second kappa shape index (κ2) is 4.80. The predicted octanol–water partition coefficient (Wildman–Crippen LogP) is 1.34. The first kappa shape index (κ1) is 13.6. The number of nitrogens with zero attached hydrogens (tertiary/aromatic N) is 1. The van der Waals surface area contributed by atoms with Crippen molar-refractivity contribution in [1.29, 1.82) is 0 Å². The molecule has 1 aliphatic heterocycles. The average molecular weight is 255 g/mol. The van der Waals surface area contributed by atoms with Crippen molar-refractivity contribution in [3.63, 3.8) is 0 Å². The van der Waals surface area contributed by atoms with Crippen LogP contribution < -0.4 is 0 Å². The first-order chi connectivity index (χ1) is 7.70. The van der Waals surface area contributed by atoms with Crippen molar-refractivity contribution in [2.45, 2.75) is 13.1 Å². The van der Waals surface area contributed by atoms with Gasteiger partial charge in [-0.05, 0) is 0 Å². The number of hydrogen-bond acceptors (Lipinski definition) is 3. The van der Waals surface area contributed by atoms with Gasteiger partial charge in [0.05, 0.1) is 5.92 Å². The van der Waals surface area contributed by atoms with Gasteiger partial charge in [-0.15, -0.1) is 0 Å². The monoisotopic (exact) mass is 255 g/mol. The maximum absolute atomic E-state index is 11.7. The van der Waals surface area contributed by atoms with E-state index in [1.807, 2.05) is 0 Å². The summed E-state index contributed by atoms with van der Waals surface area (Å²) in [6.45, 7) is 0.0984. The predicted molar refractivity (Wildman–Crippen MR) is 49.3 cm³/mol. The quantitative estimate of drug-likeness (QED) is 0.826. The second-order valence-electron chi connectivity index (χ2n) is 3.96. The number of rotatable bonds is 3. The van der Waals surface area contributed by atoms with Crippen LogP contribution in [0.4, 0.5) is 18.0 Å². The van der Waals surface area contributed by atoms with Crippen LogP contribution in [0.3, 0.4) is 0 Å². The van der Waals surface area contributed by atoms with Crippen molar-refractivity contribution in [3.05, 3.63) is 0 Å². The van der Waals surface area contributed by atoms with Gasteiger partial charge in [0.2, 0.25) is 0 Å². The van der Waals surface area contributed by atoms with Gasteiger partial charge in [-0.1, -0.05) is 6.92 Å². The lowest BCUT2D eigenvalue weighted by Crippen LogP contribution is -2.53. The highest BCUT2D eigenvalue weighted by Crippen LogP contribution is 2.25. The number of amides is 1. The number of hydrogen-bond donors (Lipinski definition) is 1. The summed E-state index contributed by atoms with van der Waals surface area (Å²) in [4.78, 5) is 22.7. The van der Waals surface area contributed by atoms with Gasteiger partial charge in [0, 0.05) is 19.0 Å². The van der Waals surface area contributed by atoms with Crippen molar-refractivity contribution < 1.29 is 32.6 Å². The van der Waals surface area contributed by atoms with Gasteiger partial charge < -0.3 is 14.7 Å². The number of ether oxygens (including phenoxy) is 1. The summed E-state index contributed by atoms with van der Waals surface area (Å²) in [6.07, 6.45) is -5.61. The molecule has 1 N–H and O–H groups in total. The van der Waals surface area contributed by atoms with Crippen LogP contribution in [0, 0.1) is 11.8 Å². The topological polar surface area (TPSA) is 66.8 Å². The minimum absolute atomic E-state index is 0.115. The minimum atomic E-state index is -4.55. The lowest BCUT2D eigenvalue weighted by atomic mass is 9.87. The van der Waals surface area contributed by atoms with Gasteiger partial charge in [0.15, 0.2) is 6.61 Å². The van der Waals surface area contributed by atoms with Crippen molar-refractivity contribution in [1.82, 2.24) is 4.90 Å². The number of carbonyl (C=O) groups is 2. The van der Waals surface area contributed by atoms with E-state index < -0.39 is 30.8 Å². The largest absolute Gasteiger partial charge is 0.481 e. The fraction of sp³-hybridized carbons (Fsp3) is 0.778. The number of halogens is 3. The van der Waals surface area contributed by atoms with Crippen LogP contribution in [0.1, 0.15) is 6.92 Å². The highest BCUT2D eigenvalue weighted by Gasteiger charge is 2.39. The van der Waals surface area contributed by atoms with Crippen LogP contribution >= 0.6 is 0 Å². The Morgan fingerprint density at radius 3 is 2.41 bits per heavy atom. The summed E-state index contributed by atoms with van der Waals surface area (Å²) in [7, 11) is 0. The number of alkyl halides is 3. The number of carboxylic acids is 1. The van der Waals surface area contributed by atoms with E-state index in [1.165, 1.54) is 6.92 Å². The highest BCUT2D eigenvalue weighted by atomic mass is 19.4. The fourth-order valence-electron chi connectivity index (χ4n) is 1.41. The van der Waals surface area contributed by atoms with Gasteiger partial charge in [-0.25, -0.2) is 4.79 Å². The molecule has 98 valence electrons. The van der Waals surface area contributed by atoms with Crippen LogP contribution in [0.25, 0.3) is 0 Å². The molecule has 1 heterocycles. The van der Waals surface area contributed by atoms with Crippen LogP contribution in [-0.2, 0) is 9.53 Å². The minimum Gasteiger partial charge on any atom is -0.481 e. The molecule has 1 rings (SSSR count). The molecule has 1 unspecified atom stereocenters. The molecule has 0 aromatic heterocycles. The molecule has 8 heteroatoms. The molecule has 0 spiro atoms. The lowest BCUT2D eigenvalue weighted by Gasteiger charge is -2.40. The molecule has 0 aromatic carbocycles. The zero-order valence-corrected chi connectivity index (χ0v) is 9.03. The normalized spacial score (nSPS) is 18.5. The molecular weight excluding hydrogens is 243 g/mol. The second-order valence-corrected chi connectivity index (χ2v) is 3.96. The van der Waals surface area contributed by atoms with Gasteiger partial charge in [-0.3, -0.25) is 4.79 Å². The maximum Gasteiger partial charge on any atom is 0.422 e. The molecule has 0 aromatic rings. The van der Waals surface area contributed by atoms with E-state index in [9.17, 15) is 22.8 Å². The fourth-order valence-corrected chi connectivity index (χ4v) is 1.41. The lowest BCUT2D eigenvalue weighted by molar-refractivity contribution is -0.164. The van der Waals surface area contributed by atoms with Crippen LogP contribution in [0.5, 0.6) is 0 Å². The number of likely N-dealkylation sites (tertiary alicyclic amines) is 1. The Hall–Kier alpha value is -1.47. The van der Waals surface area contributed by atoms with E-state index in [1.54, 1.807) is 0 Å². The number of carboxylic acid groups (broad SMARTS) is 1. The zero-order chi connectivity index (χ0) is 13.2. The number of carbonyl (C=O) groups excluding carboxylic acids is 1. The molecular formula is C9H12F3NO4. The van der Waals surface area contributed by atoms with Crippen molar-refractivity contribution in [2.75, 3.05) is 19.7 Å². The molecule has 1 saturated heterocycles. The molecule has 0 bridgehead atoms. The van der Waals surface area contributed by atoms with E-state index in [0.717, 1.165) is 4.90 Å². The Labute approximate surface area is 95.1 Å². The van der Waals surface area contributed by atoms with Crippen LogP contribution in [0.2, 0.25) is 0 Å². The standard InChI is InChI=1S/C9H12F3NO4/c1-5(7(14)15)6-2-13(3-6)8(16)17-4-9(10,11)12/h5-6H,2-4H2,1H3,(H,14,15). The highest BCUT2D eigenvalue weighted by molar-refractivity contribution is 5.72. The van der Waals surface area contributed by atoms with Crippen molar-refractivity contribution in [2.24, 2.45) is 11.8 Å². The first-order valence-electron chi connectivity index (χ1n) is 4.92. The summed E-state index contributed by atoms with van der Waals surface area (Å²) in [5.41, 5.74) is 0. The smallest absolute Gasteiger partial charge is 0.422 e. The molecule has 1 aliphatic rings. The Balaban J connectivity index is 2.28. The van der Waals surface area contributed by atoms with E-state index in [4.69, 9.17) is 5.11 Å². The molecule has 0 aliphatic carbocycles. The Morgan fingerprint density at radius 1 is 1.47 bits per heavy atom. The Bertz CT molecular complexity index is 312. The molecule has 0 saturated carbocycles. The summed E-state index contributed by atoms with van der Waals surface area (Å²) >= 11 is 0. The van der Waals surface area contributed by atoms with Crippen molar-refractivity contribution in [3.8, 4) is 0 Å². The third-order valence-electron chi connectivity index (χ3n) is 2.62. The van der Waals surface area contributed by atoms with Gasteiger partial charge in [0.25, 0.3) is 0 Å². The summed E-state index contributed by atoms with van der Waals surface area (Å²) < 4.78 is 39.2. The van der Waals surface area contributed by atoms with Gasteiger partial charge in [-0.2, -0.15) is 13.2 Å². The van der Waals surface area contributed by atoms with Crippen LogP contribution in [0.15, 0.2) is 0 Å². The Kier molecular flexibility index (Phi) is 3.84. The van der Waals surface area contributed by atoms with E-state index >= 15 is 0 Å². The molecule has 5 nitrogen and oxygen atoms in total. The van der Waals surface area contributed by atoms with E-state index in [0.29, 0.717) is 0 Å². The third kappa shape index (κ3) is 3.79.